The van der Waals surface area contributed by atoms with Crippen molar-refractivity contribution in [2.45, 2.75) is 20.0 Å². The molecule has 1 heterocycles. The molecular weight excluding hydrogens is 356 g/mol. The number of thiophene rings is 1. The molecule has 136 valence electrons. The van der Waals surface area contributed by atoms with Gasteiger partial charge in [-0.05, 0) is 49.6 Å². The summed E-state index contributed by atoms with van der Waals surface area (Å²) in [7, 11) is 0. The van der Waals surface area contributed by atoms with E-state index in [-0.39, 0.29) is 18.2 Å². The van der Waals surface area contributed by atoms with Gasteiger partial charge in [-0.1, -0.05) is 6.07 Å². The Morgan fingerprint density at radius 3 is 2.38 bits per heavy atom. The number of Topliss-reactive ketones (excluding diaryl/α,β-unsaturated/α-hetero) is 1. The number of nitrogens with one attached hydrogen (secondary N) is 2. The van der Waals surface area contributed by atoms with Crippen molar-refractivity contribution < 1.29 is 23.9 Å². The highest BCUT2D eigenvalue weighted by Gasteiger charge is 2.18. The quantitative estimate of drug-likeness (QED) is 0.572. The molecule has 1 aromatic heterocycles. The monoisotopic (exact) mass is 374 g/mol. The van der Waals surface area contributed by atoms with E-state index >= 15 is 0 Å². The number of benzene rings is 1. The average Bonchev–Trinajstić information content (AvgIpc) is 3.14. The Hall–Kier alpha value is -3.00. The molecule has 7 nitrogen and oxygen atoms in total. The summed E-state index contributed by atoms with van der Waals surface area (Å²) in [5.74, 6) is -1.68. The number of carbonyl (C=O) groups excluding carboxylic acids is 4. The van der Waals surface area contributed by atoms with E-state index < -0.39 is 18.0 Å². The second-order valence-electron chi connectivity index (χ2n) is 5.41. The van der Waals surface area contributed by atoms with Gasteiger partial charge in [-0.25, -0.2) is 0 Å². The molecule has 0 radical (unpaired) electrons. The fourth-order valence-electron chi connectivity index (χ4n) is 1.97. The Bertz CT molecular complexity index is 799. The number of amides is 2. The Morgan fingerprint density at radius 1 is 1.12 bits per heavy atom. The lowest BCUT2D eigenvalue weighted by atomic mass is 10.1. The lowest BCUT2D eigenvalue weighted by molar-refractivity contribution is -0.152. The summed E-state index contributed by atoms with van der Waals surface area (Å²) in [6.45, 7) is 2.55. The van der Waals surface area contributed by atoms with E-state index in [1.807, 2.05) is 0 Å². The standard InChI is InChI=1S/C18H18N2O5S/c1-11(21)13-5-7-14(8-6-13)20-17(23)12(2)25-16(22)10-19-18(24)15-4-3-9-26-15/h3-9,12H,10H2,1-2H3,(H,19,24)(H,20,23)/t12-/m1/s1. The number of hydrogen-bond donors (Lipinski definition) is 2. The highest BCUT2D eigenvalue weighted by molar-refractivity contribution is 7.12. The number of ketones is 1. The molecule has 0 aliphatic rings. The number of esters is 1. The molecule has 8 heteroatoms. The fourth-order valence-corrected chi connectivity index (χ4v) is 2.61. The van der Waals surface area contributed by atoms with Crippen LogP contribution in [0.5, 0.6) is 0 Å². The molecule has 26 heavy (non-hydrogen) atoms. The van der Waals surface area contributed by atoms with E-state index in [4.69, 9.17) is 4.74 Å². The van der Waals surface area contributed by atoms with Crippen molar-refractivity contribution in [3.05, 3.63) is 52.2 Å². The van der Waals surface area contributed by atoms with Crippen molar-refractivity contribution in [3.63, 3.8) is 0 Å². The molecule has 0 saturated heterocycles. The Kier molecular flexibility index (Phi) is 6.62. The van der Waals surface area contributed by atoms with E-state index in [1.54, 1.807) is 41.8 Å². The van der Waals surface area contributed by atoms with Crippen molar-refractivity contribution in [1.29, 1.82) is 0 Å². The summed E-state index contributed by atoms with van der Waals surface area (Å²) in [6.07, 6.45) is -1.03. The van der Waals surface area contributed by atoms with Crippen LogP contribution in [0.4, 0.5) is 5.69 Å². The van der Waals surface area contributed by atoms with Gasteiger partial charge >= 0.3 is 5.97 Å². The van der Waals surface area contributed by atoms with Gasteiger partial charge < -0.3 is 15.4 Å². The molecule has 0 aliphatic heterocycles. The minimum Gasteiger partial charge on any atom is -0.451 e. The predicted octanol–water partition coefficient (Wildman–Crippen LogP) is 2.25. The first-order valence-electron chi connectivity index (χ1n) is 7.80. The minimum absolute atomic E-state index is 0.0743. The topological polar surface area (TPSA) is 102 Å². The van der Waals surface area contributed by atoms with Crippen LogP contribution in [0.3, 0.4) is 0 Å². The molecule has 0 aliphatic carbocycles. The number of ether oxygens (including phenoxy) is 1. The normalized spacial score (nSPS) is 11.3. The van der Waals surface area contributed by atoms with Crippen LogP contribution in [-0.4, -0.2) is 36.2 Å². The lowest BCUT2D eigenvalue weighted by Crippen LogP contribution is -2.35. The summed E-state index contributed by atoms with van der Waals surface area (Å²) in [5.41, 5.74) is 1.01. The molecule has 0 spiro atoms. The highest BCUT2D eigenvalue weighted by Crippen LogP contribution is 2.11. The van der Waals surface area contributed by atoms with Gasteiger partial charge in [-0.15, -0.1) is 11.3 Å². The number of hydrogen-bond acceptors (Lipinski definition) is 6. The van der Waals surface area contributed by atoms with E-state index in [0.717, 1.165) is 0 Å². The van der Waals surface area contributed by atoms with Crippen LogP contribution in [0.2, 0.25) is 0 Å². The van der Waals surface area contributed by atoms with Gasteiger partial charge in [-0.3, -0.25) is 19.2 Å². The first-order valence-corrected chi connectivity index (χ1v) is 8.68. The number of rotatable bonds is 7. The van der Waals surface area contributed by atoms with Gasteiger partial charge in [0.05, 0.1) is 4.88 Å². The van der Waals surface area contributed by atoms with E-state index in [2.05, 4.69) is 10.6 Å². The molecule has 0 bridgehead atoms. The second kappa shape index (κ2) is 8.91. The Labute approximate surface area is 154 Å². The zero-order valence-electron chi connectivity index (χ0n) is 14.3. The van der Waals surface area contributed by atoms with Gasteiger partial charge in [0.25, 0.3) is 11.8 Å². The van der Waals surface area contributed by atoms with Crippen molar-refractivity contribution in [3.8, 4) is 0 Å². The third-order valence-corrected chi connectivity index (χ3v) is 4.24. The molecule has 1 atom stereocenters. The van der Waals surface area contributed by atoms with E-state index in [9.17, 15) is 19.2 Å². The molecular formula is C18H18N2O5S. The Balaban J connectivity index is 1.79. The van der Waals surface area contributed by atoms with Gasteiger partial charge in [0, 0.05) is 11.3 Å². The molecule has 2 N–H and O–H groups in total. The van der Waals surface area contributed by atoms with Gasteiger partial charge in [0.15, 0.2) is 11.9 Å². The number of carbonyl (C=O) groups is 4. The fraction of sp³-hybridized carbons (Fsp3) is 0.222. The summed E-state index contributed by atoms with van der Waals surface area (Å²) < 4.78 is 5.00. The molecule has 1 aromatic carbocycles. The Morgan fingerprint density at radius 2 is 1.81 bits per heavy atom. The maximum atomic E-state index is 12.1. The van der Waals surface area contributed by atoms with Crippen LogP contribution in [-0.2, 0) is 14.3 Å². The average molecular weight is 374 g/mol. The van der Waals surface area contributed by atoms with E-state index in [1.165, 1.54) is 25.2 Å². The molecule has 0 saturated carbocycles. The maximum absolute atomic E-state index is 12.1. The van der Waals surface area contributed by atoms with Crippen molar-refractivity contribution in [1.82, 2.24) is 5.32 Å². The van der Waals surface area contributed by atoms with Crippen LogP contribution in [0.15, 0.2) is 41.8 Å². The molecule has 2 amide bonds. The van der Waals surface area contributed by atoms with Gasteiger partial charge in [0.2, 0.25) is 0 Å². The van der Waals surface area contributed by atoms with Crippen LogP contribution in [0, 0.1) is 0 Å². The third kappa shape index (κ3) is 5.52. The van der Waals surface area contributed by atoms with Crippen molar-refractivity contribution in [2.24, 2.45) is 0 Å². The smallest absolute Gasteiger partial charge is 0.326 e. The minimum atomic E-state index is -1.03. The SMILES string of the molecule is CC(=O)c1ccc(NC(=O)[C@@H](C)OC(=O)CNC(=O)c2cccs2)cc1. The van der Waals surface area contributed by atoms with Crippen molar-refractivity contribution in [2.75, 3.05) is 11.9 Å². The summed E-state index contributed by atoms with van der Waals surface area (Å²) in [5, 5.41) is 6.77. The second-order valence-corrected chi connectivity index (χ2v) is 6.36. The van der Waals surface area contributed by atoms with Gasteiger partial charge in [0.1, 0.15) is 6.54 Å². The third-order valence-electron chi connectivity index (χ3n) is 3.37. The summed E-state index contributed by atoms with van der Waals surface area (Å²) in [4.78, 5) is 47.2. The van der Waals surface area contributed by atoms with Crippen LogP contribution in [0.1, 0.15) is 33.9 Å². The molecule has 0 unspecified atom stereocenters. The first kappa shape index (κ1) is 19.3. The highest BCUT2D eigenvalue weighted by atomic mass is 32.1. The first-order chi connectivity index (χ1) is 12.4. The zero-order valence-corrected chi connectivity index (χ0v) is 15.1. The van der Waals surface area contributed by atoms with Crippen LogP contribution in [0.25, 0.3) is 0 Å². The van der Waals surface area contributed by atoms with E-state index in [0.29, 0.717) is 16.1 Å². The van der Waals surface area contributed by atoms with Gasteiger partial charge in [-0.2, -0.15) is 0 Å². The summed E-state index contributed by atoms with van der Waals surface area (Å²) >= 11 is 1.26. The van der Waals surface area contributed by atoms with Crippen LogP contribution < -0.4 is 10.6 Å². The molecule has 2 aromatic rings. The summed E-state index contributed by atoms with van der Waals surface area (Å²) in [6, 6.07) is 9.73. The molecule has 0 fully saturated rings. The van der Waals surface area contributed by atoms with Crippen molar-refractivity contribution >= 4 is 40.6 Å². The largest absolute Gasteiger partial charge is 0.451 e. The maximum Gasteiger partial charge on any atom is 0.326 e. The number of anilines is 1. The zero-order chi connectivity index (χ0) is 19.1. The predicted molar refractivity (Wildman–Crippen MR) is 97.3 cm³/mol. The van der Waals surface area contributed by atoms with Crippen LogP contribution >= 0.6 is 11.3 Å². The lowest BCUT2D eigenvalue weighted by Gasteiger charge is -2.14. The molecule has 2 rings (SSSR count).